The Balaban J connectivity index is 1.58. The van der Waals surface area contributed by atoms with Crippen molar-refractivity contribution in [2.24, 2.45) is 12.0 Å². The number of hydrogen-bond acceptors (Lipinski definition) is 4. The van der Waals surface area contributed by atoms with Crippen molar-refractivity contribution in [3.8, 4) is 0 Å². The van der Waals surface area contributed by atoms with Gasteiger partial charge in [0.15, 0.2) is 11.8 Å². The lowest BCUT2D eigenvalue weighted by Crippen LogP contribution is -2.42. The predicted octanol–water partition coefficient (Wildman–Crippen LogP) is 1.72. The lowest BCUT2D eigenvalue weighted by molar-refractivity contribution is 0.114. The van der Waals surface area contributed by atoms with E-state index in [9.17, 15) is 4.39 Å². The molecular weight excluding hydrogens is 347 g/mol. The van der Waals surface area contributed by atoms with E-state index in [1.54, 1.807) is 12.1 Å². The number of aryl methyl sites for hydroxylation is 1. The van der Waals surface area contributed by atoms with Crippen LogP contribution in [0.3, 0.4) is 0 Å². The fourth-order valence-electron chi connectivity index (χ4n) is 2.95. The molecule has 7 nitrogen and oxygen atoms in total. The number of hydrogen-bond donors (Lipinski definition) is 2. The summed E-state index contributed by atoms with van der Waals surface area (Å²) in [4.78, 5) is 4.60. The Morgan fingerprint density at radius 2 is 2.19 bits per heavy atom. The Bertz CT molecular complexity index is 769. The highest BCUT2D eigenvalue weighted by molar-refractivity contribution is 5.79. The average Bonchev–Trinajstić information content (AvgIpc) is 3.30. The minimum absolute atomic E-state index is 0.181. The molecule has 2 N–H and O–H groups in total. The minimum atomic E-state index is -0.181. The van der Waals surface area contributed by atoms with E-state index in [0.29, 0.717) is 37.6 Å². The van der Waals surface area contributed by atoms with Gasteiger partial charge in [0.05, 0.1) is 6.10 Å². The van der Waals surface area contributed by atoms with Crippen molar-refractivity contribution < 1.29 is 9.13 Å². The molecule has 27 heavy (non-hydrogen) atoms. The van der Waals surface area contributed by atoms with Crippen molar-refractivity contribution in [3.63, 3.8) is 0 Å². The monoisotopic (exact) mass is 374 g/mol. The van der Waals surface area contributed by atoms with Gasteiger partial charge in [-0.3, -0.25) is 0 Å². The quantitative estimate of drug-likeness (QED) is 0.570. The lowest BCUT2D eigenvalue weighted by atomic mass is 10.1. The zero-order chi connectivity index (χ0) is 19.1. The molecule has 0 saturated carbocycles. The summed E-state index contributed by atoms with van der Waals surface area (Å²) in [5.41, 5.74) is 0.687. The molecule has 3 rings (SSSR count). The molecule has 1 fully saturated rings. The smallest absolute Gasteiger partial charge is 0.191 e. The van der Waals surface area contributed by atoms with Crippen LogP contribution in [0.25, 0.3) is 0 Å². The highest BCUT2D eigenvalue weighted by atomic mass is 19.1. The van der Waals surface area contributed by atoms with Gasteiger partial charge >= 0.3 is 0 Å². The van der Waals surface area contributed by atoms with Crippen molar-refractivity contribution in [3.05, 3.63) is 47.3 Å². The van der Waals surface area contributed by atoms with E-state index in [0.717, 1.165) is 31.1 Å². The fourth-order valence-corrected chi connectivity index (χ4v) is 2.95. The van der Waals surface area contributed by atoms with Gasteiger partial charge in [-0.05, 0) is 37.8 Å². The van der Waals surface area contributed by atoms with E-state index >= 15 is 0 Å². The number of nitrogens with one attached hydrogen (secondary N) is 2. The van der Waals surface area contributed by atoms with Crippen molar-refractivity contribution >= 4 is 5.96 Å². The van der Waals surface area contributed by atoms with E-state index in [2.05, 4.69) is 25.8 Å². The van der Waals surface area contributed by atoms with Gasteiger partial charge in [0, 0.05) is 26.7 Å². The van der Waals surface area contributed by atoms with Crippen LogP contribution in [0.4, 0.5) is 4.39 Å². The van der Waals surface area contributed by atoms with Gasteiger partial charge in [0.1, 0.15) is 18.2 Å². The van der Waals surface area contributed by atoms with Crippen LogP contribution in [0.2, 0.25) is 0 Å². The van der Waals surface area contributed by atoms with Gasteiger partial charge in [0.25, 0.3) is 0 Å². The molecule has 0 radical (unpaired) electrons. The van der Waals surface area contributed by atoms with Gasteiger partial charge < -0.3 is 19.9 Å². The van der Waals surface area contributed by atoms with Crippen LogP contribution in [0.1, 0.15) is 30.1 Å². The van der Waals surface area contributed by atoms with E-state index in [-0.39, 0.29) is 11.9 Å². The van der Waals surface area contributed by atoms with Gasteiger partial charge in [0.2, 0.25) is 0 Å². The summed E-state index contributed by atoms with van der Waals surface area (Å²) in [6.07, 6.45) is 2.94. The number of benzene rings is 1. The summed E-state index contributed by atoms with van der Waals surface area (Å²) in [6.45, 7) is 4.42. The van der Waals surface area contributed by atoms with Crippen LogP contribution in [0.15, 0.2) is 29.3 Å². The van der Waals surface area contributed by atoms with E-state index in [1.165, 1.54) is 6.07 Å². The summed E-state index contributed by atoms with van der Waals surface area (Å²) in [5, 5.41) is 14.8. The van der Waals surface area contributed by atoms with Crippen LogP contribution in [0, 0.1) is 12.7 Å². The number of halogens is 1. The predicted molar refractivity (Wildman–Crippen MR) is 102 cm³/mol. The molecule has 1 aromatic heterocycles. The van der Waals surface area contributed by atoms with Gasteiger partial charge in [-0.1, -0.05) is 18.2 Å². The van der Waals surface area contributed by atoms with E-state index in [1.807, 2.05) is 24.6 Å². The molecule has 2 aromatic rings. The third-order valence-electron chi connectivity index (χ3n) is 4.73. The summed E-state index contributed by atoms with van der Waals surface area (Å²) >= 11 is 0. The molecule has 0 aliphatic carbocycles. The van der Waals surface area contributed by atoms with Crippen LogP contribution in [-0.4, -0.2) is 46.5 Å². The number of guanidine groups is 1. The third kappa shape index (κ3) is 5.50. The van der Waals surface area contributed by atoms with Gasteiger partial charge in [-0.2, -0.15) is 0 Å². The maximum Gasteiger partial charge on any atom is 0.191 e. The van der Waals surface area contributed by atoms with Gasteiger partial charge in [-0.15, -0.1) is 10.2 Å². The maximum atomic E-state index is 13.8. The Hall–Kier alpha value is -2.48. The molecule has 2 heterocycles. The molecule has 8 heteroatoms. The minimum Gasteiger partial charge on any atom is -0.376 e. The largest absolute Gasteiger partial charge is 0.376 e. The lowest BCUT2D eigenvalue weighted by Gasteiger charge is -2.15. The molecule has 1 saturated heterocycles. The van der Waals surface area contributed by atoms with Crippen molar-refractivity contribution in [1.29, 1.82) is 0 Å². The zero-order valence-corrected chi connectivity index (χ0v) is 15.9. The maximum absolute atomic E-state index is 13.8. The van der Waals surface area contributed by atoms with Crippen molar-refractivity contribution in [2.75, 3.05) is 19.7 Å². The first-order valence-electron chi connectivity index (χ1n) is 9.35. The first-order chi connectivity index (χ1) is 13.1. The number of nitrogens with zero attached hydrogens (tertiary/aromatic N) is 4. The molecule has 1 unspecified atom stereocenters. The van der Waals surface area contributed by atoms with E-state index in [4.69, 9.17) is 4.74 Å². The van der Waals surface area contributed by atoms with Crippen LogP contribution in [0.5, 0.6) is 0 Å². The Kier molecular flexibility index (Phi) is 6.75. The van der Waals surface area contributed by atoms with Crippen molar-refractivity contribution in [1.82, 2.24) is 25.4 Å². The molecule has 1 aliphatic heterocycles. The normalized spacial score (nSPS) is 17.3. The standard InChI is InChI=1S/C19H27FN6O/c1-14-24-25-18(26(14)2)13-23-19(22-12-16-7-5-11-27-16)21-10-9-15-6-3-4-8-17(15)20/h3-4,6,8,16H,5,7,9-13H2,1-2H3,(H2,21,22,23). The van der Waals surface area contributed by atoms with Gasteiger partial charge in [-0.25, -0.2) is 9.38 Å². The summed E-state index contributed by atoms with van der Waals surface area (Å²) in [6, 6.07) is 6.83. The summed E-state index contributed by atoms with van der Waals surface area (Å²) in [7, 11) is 1.92. The Morgan fingerprint density at radius 3 is 2.89 bits per heavy atom. The second kappa shape index (κ2) is 9.45. The highest BCUT2D eigenvalue weighted by Gasteiger charge is 2.15. The van der Waals surface area contributed by atoms with E-state index < -0.39 is 0 Å². The Morgan fingerprint density at radius 1 is 1.33 bits per heavy atom. The SMILES string of the molecule is Cc1nnc(CN=C(NCCc2ccccc2F)NCC2CCCO2)n1C. The van der Waals surface area contributed by atoms with Crippen LogP contribution < -0.4 is 10.6 Å². The second-order valence-corrected chi connectivity index (χ2v) is 6.67. The van der Waals surface area contributed by atoms with Crippen LogP contribution in [-0.2, 0) is 24.8 Å². The average molecular weight is 374 g/mol. The molecule has 146 valence electrons. The Labute approximate surface area is 159 Å². The number of rotatable bonds is 7. The summed E-state index contributed by atoms with van der Waals surface area (Å²) < 4.78 is 21.3. The molecule has 0 spiro atoms. The summed E-state index contributed by atoms with van der Waals surface area (Å²) in [5.74, 6) is 2.13. The first-order valence-corrected chi connectivity index (χ1v) is 9.35. The molecule has 0 bridgehead atoms. The molecule has 1 aliphatic rings. The number of ether oxygens (including phenoxy) is 1. The first kappa shape index (κ1) is 19.3. The van der Waals surface area contributed by atoms with Crippen LogP contribution >= 0.6 is 0 Å². The third-order valence-corrected chi connectivity index (χ3v) is 4.73. The van der Waals surface area contributed by atoms with Crippen molar-refractivity contribution in [2.45, 2.75) is 38.8 Å². The molecule has 1 aromatic carbocycles. The zero-order valence-electron chi connectivity index (χ0n) is 15.9. The second-order valence-electron chi connectivity index (χ2n) is 6.67. The topological polar surface area (TPSA) is 76.4 Å². The molecule has 1 atom stereocenters. The number of aromatic nitrogens is 3. The molecular formula is C19H27FN6O. The fraction of sp³-hybridized carbons (Fsp3) is 0.526. The highest BCUT2D eigenvalue weighted by Crippen LogP contribution is 2.10. The molecule has 0 amide bonds. The number of aliphatic imine (C=N–C) groups is 1.